The van der Waals surface area contributed by atoms with Crippen LogP contribution < -0.4 is 10.6 Å². The van der Waals surface area contributed by atoms with Crippen molar-refractivity contribution in [2.45, 2.75) is 33.1 Å². The molecule has 33 heavy (non-hydrogen) atoms. The number of carbonyl (C=O) groups excluding carboxylic acids is 2. The summed E-state index contributed by atoms with van der Waals surface area (Å²) in [7, 11) is 0. The average molecular weight is 460 g/mol. The number of furan rings is 1. The molecule has 2 amide bonds. The summed E-state index contributed by atoms with van der Waals surface area (Å²) in [6, 6.07) is 18.6. The fourth-order valence-corrected chi connectivity index (χ4v) is 4.11. The fourth-order valence-electron chi connectivity index (χ4n) is 3.23. The third-order valence-electron chi connectivity index (χ3n) is 5.16. The lowest BCUT2D eigenvalue weighted by Crippen LogP contribution is -2.14. The molecule has 0 atom stereocenters. The number of amides is 2. The number of benzene rings is 2. The van der Waals surface area contributed by atoms with Crippen molar-refractivity contribution in [3.05, 3.63) is 89.4 Å². The van der Waals surface area contributed by atoms with E-state index in [9.17, 15) is 9.59 Å². The minimum Gasteiger partial charge on any atom is -0.459 e. The van der Waals surface area contributed by atoms with Crippen molar-refractivity contribution in [1.82, 2.24) is 4.98 Å². The summed E-state index contributed by atoms with van der Waals surface area (Å²) in [5.41, 5.74) is 4.23. The van der Waals surface area contributed by atoms with E-state index in [0.29, 0.717) is 21.4 Å². The standard InChI is InChI=1S/C26H25N3O3S/c1-16-7-9-17(10-8-16)21-24(28-23(31)20-6-5-15-32-20)33-25(27-21)29-22(30)18-11-13-19(14-12-18)26(2,3)4/h5-15H,1-4H3,(H,28,31)(H,27,29,30). The molecule has 2 N–H and O–H groups in total. The molecule has 0 radical (unpaired) electrons. The molecule has 6 nitrogen and oxygen atoms in total. The molecule has 0 bridgehead atoms. The second-order valence-electron chi connectivity index (χ2n) is 8.78. The number of aromatic nitrogens is 1. The topological polar surface area (TPSA) is 84.2 Å². The normalized spacial score (nSPS) is 11.3. The molecule has 0 fully saturated rings. The number of nitrogens with one attached hydrogen (secondary N) is 2. The minimum absolute atomic E-state index is 0.00829. The van der Waals surface area contributed by atoms with Gasteiger partial charge in [-0.05, 0) is 42.2 Å². The Morgan fingerprint density at radius 1 is 0.909 bits per heavy atom. The van der Waals surface area contributed by atoms with Crippen LogP contribution in [0.2, 0.25) is 0 Å². The molecule has 0 saturated heterocycles. The Morgan fingerprint density at radius 3 is 2.21 bits per heavy atom. The predicted molar refractivity (Wildman–Crippen MR) is 132 cm³/mol. The van der Waals surface area contributed by atoms with Gasteiger partial charge in [-0.15, -0.1) is 0 Å². The third kappa shape index (κ3) is 5.21. The lowest BCUT2D eigenvalue weighted by Gasteiger charge is -2.18. The van der Waals surface area contributed by atoms with Gasteiger partial charge < -0.3 is 9.73 Å². The lowest BCUT2D eigenvalue weighted by atomic mass is 9.87. The van der Waals surface area contributed by atoms with Gasteiger partial charge in [0.1, 0.15) is 10.7 Å². The van der Waals surface area contributed by atoms with Crippen LogP contribution in [0.25, 0.3) is 11.3 Å². The highest BCUT2D eigenvalue weighted by atomic mass is 32.1. The summed E-state index contributed by atoms with van der Waals surface area (Å²) in [6.07, 6.45) is 1.44. The van der Waals surface area contributed by atoms with E-state index in [1.807, 2.05) is 55.5 Å². The molecule has 0 aliphatic carbocycles. The van der Waals surface area contributed by atoms with Crippen LogP contribution in [0.4, 0.5) is 10.1 Å². The SMILES string of the molecule is Cc1ccc(-c2nc(NC(=O)c3ccc(C(C)(C)C)cc3)sc2NC(=O)c2ccco2)cc1. The first-order chi connectivity index (χ1) is 15.7. The van der Waals surface area contributed by atoms with Gasteiger partial charge in [-0.1, -0.05) is 74.1 Å². The Hall–Kier alpha value is -3.71. The Morgan fingerprint density at radius 2 is 1.61 bits per heavy atom. The number of rotatable bonds is 5. The first-order valence-electron chi connectivity index (χ1n) is 10.6. The zero-order chi connectivity index (χ0) is 23.6. The van der Waals surface area contributed by atoms with Crippen molar-refractivity contribution < 1.29 is 14.0 Å². The summed E-state index contributed by atoms with van der Waals surface area (Å²) < 4.78 is 5.19. The maximum atomic E-state index is 12.8. The number of anilines is 2. The zero-order valence-corrected chi connectivity index (χ0v) is 19.7. The van der Waals surface area contributed by atoms with E-state index in [1.165, 1.54) is 17.6 Å². The number of thiazole rings is 1. The van der Waals surface area contributed by atoms with Crippen molar-refractivity contribution in [3.8, 4) is 11.3 Å². The molecule has 2 aromatic carbocycles. The first kappa shape index (κ1) is 22.5. The summed E-state index contributed by atoms with van der Waals surface area (Å²) in [5, 5.41) is 6.64. The number of nitrogens with zero attached hydrogens (tertiary/aromatic N) is 1. The number of carbonyl (C=O) groups is 2. The highest BCUT2D eigenvalue weighted by Gasteiger charge is 2.20. The molecule has 0 spiro atoms. The monoisotopic (exact) mass is 459 g/mol. The summed E-state index contributed by atoms with van der Waals surface area (Å²) >= 11 is 1.20. The van der Waals surface area contributed by atoms with Crippen LogP contribution in [-0.2, 0) is 5.41 Å². The van der Waals surface area contributed by atoms with Crippen molar-refractivity contribution >= 4 is 33.3 Å². The maximum Gasteiger partial charge on any atom is 0.292 e. The number of hydrogen-bond acceptors (Lipinski definition) is 5. The quantitative estimate of drug-likeness (QED) is 0.356. The van der Waals surface area contributed by atoms with Crippen LogP contribution in [-0.4, -0.2) is 16.8 Å². The van der Waals surface area contributed by atoms with Crippen LogP contribution in [0.1, 0.15) is 52.8 Å². The average Bonchev–Trinajstić information content (AvgIpc) is 3.44. The molecule has 2 heterocycles. The minimum atomic E-state index is -0.382. The van der Waals surface area contributed by atoms with Crippen molar-refractivity contribution in [2.75, 3.05) is 10.6 Å². The van der Waals surface area contributed by atoms with Gasteiger partial charge in [0.05, 0.1) is 6.26 Å². The van der Waals surface area contributed by atoms with Crippen LogP contribution in [0.15, 0.2) is 71.3 Å². The molecule has 4 rings (SSSR count). The maximum absolute atomic E-state index is 12.8. The molecule has 4 aromatic rings. The van der Waals surface area contributed by atoms with Gasteiger partial charge in [0.25, 0.3) is 11.8 Å². The molecule has 0 saturated carbocycles. The van der Waals surface area contributed by atoms with Crippen LogP contribution >= 0.6 is 11.3 Å². The fraction of sp³-hybridized carbons (Fsp3) is 0.192. The lowest BCUT2D eigenvalue weighted by molar-refractivity contribution is 0.0995. The molecule has 0 aliphatic heterocycles. The first-order valence-corrected chi connectivity index (χ1v) is 11.4. The third-order valence-corrected chi connectivity index (χ3v) is 6.04. The molecular weight excluding hydrogens is 434 g/mol. The highest BCUT2D eigenvalue weighted by Crippen LogP contribution is 2.36. The Kier molecular flexibility index (Phi) is 6.16. The molecule has 0 aliphatic rings. The number of hydrogen-bond donors (Lipinski definition) is 2. The molecule has 0 unspecified atom stereocenters. The van der Waals surface area contributed by atoms with Crippen LogP contribution in [0.5, 0.6) is 0 Å². The smallest absolute Gasteiger partial charge is 0.292 e. The zero-order valence-electron chi connectivity index (χ0n) is 18.9. The molecule has 168 valence electrons. The van der Waals surface area contributed by atoms with Gasteiger partial charge >= 0.3 is 0 Å². The Labute approximate surface area is 196 Å². The van der Waals surface area contributed by atoms with Gasteiger partial charge in [-0.2, -0.15) is 0 Å². The van der Waals surface area contributed by atoms with E-state index < -0.39 is 0 Å². The van der Waals surface area contributed by atoms with Crippen molar-refractivity contribution in [2.24, 2.45) is 0 Å². The van der Waals surface area contributed by atoms with Crippen molar-refractivity contribution in [1.29, 1.82) is 0 Å². The van der Waals surface area contributed by atoms with E-state index in [1.54, 1.807) is 12.1 Å². The van der Waals surface area contributed by atoms with E-state index in [0.717, 1.165) is 16.7 Å². The Bertz CT molecular complexity index is 1270. The molecular formula is C26H25N3O3S. The number of aryl methyl sites for hydroxylation is 1. The van der Waals surface area contributed by atoms with Crippen LogP contribution in [0.3, 0.4) is 0 Å². The van der Waals surface area contributed by atoms with Gasteiger partial charge in [0.15, 0.2) is 10.9 Å². The van der Waals surface area contributed by atoms with Gasteiger partial charge in [0.2, 0.25) is 0 Å². The van der Waals surface area contributed by atoms with E-state index >= 15 is 0 Å². The molecule has 7 heteroatoms. The van der Waals surface area contributed by atoms with Gasteiger partial charge in [-0.25, -0.2) is 4.98 Å². The largest absolute Gasteiger partial charge is 0.459 e. The van der Waals surface area contributed by atoms with E-state index in [2.05, 4.69) is 36.4 Å². The summed E-state index contributed by atoms with van der Waals surface area (Å²) in [4.78, 5) is 30.0. The summed E-state index contributed by atoms with van der Waals surface area (Å²) in [5.74, 6) is -0.445. The van der Waals surface area contributed by atoms with Crippen molar-refractivity contribution in [3.63, 3.8) is 0 Å². The second kappa shape index (κ2) is 9.03. The molecule has 2 aromatic heterocycles. The highest BCUT2D eigenvalue weighted by molar-refractivity contribution is 7.20. The van der Waals surface area contributed by atoms with Gasteiger partial charge in [-0.3, -0.25) is 14.9 Å². The van der Waals surface area contributed by atoms with Gasteiger partial charge in [0, 0.05) is 11.1 Å². The van der Waals surface area contributed by atoms with E-state index in [-0.39, 0.29) is 23.0 Å². The van der Waals surface area contributed by atoms with E-state index in [4.69, 9.17) is 4.42 Å². The predicted octanol–water partition coefficient (Wildman–Crippen LogP) is 6.51. The Balaban J connectivity index is 1.61. The summed E-state index contributed by atoms with van der Waals surface area (Å²) in [6.45, 7) is 8.38. The van der Waals surface area contributed by atoms with Crippen LogP contribution in [0, 0.1) is 6.92 Å². The second-order valence-corrected chi connectivity index (χ2v) is 9.77.